The predicted molar refractivity (Wildman–Crippen MR) is 84.3 cm³/mol. The molecule has 0 aromatic heterocycles. The Balaban J connectivity index is 2.88. The van der Waals surface area contributed by atoms with Crippen LogP contribution in [0.25, 0.3) is 0 Å². The molecule has 0 saturated heterocycles. The molecule has 0 aliphatic carbocycles. The first-order valence-electron chi connectivity index (χ1n) is 7.20. The molecule has 0 radical (unpaired) electrons. The summed E-state index contributed by atoms with van der Waals surface area (Å²) in [6.07, 6.45) is -0.0166. The third-order valence-corrected chi connectivity index (χ3v) is 3.16. The Morgan fingerprint density at radius 1 is 1.29 bits per heavy atom. The fraction of sp³-hybridized carbons (Fsp3) is 0.400. The topological polar surface area (TPSA) is 119 Å². The molecule has 9 heteroatoms. The Labute approximate surface area is 138 Å². The lowest BCUT2D eigenvalue weighted by Crippen LogP contribution is -2.39. The molecule has 0 spiro atoms. The Hall–Kier alpha value is -2.97. The van der Waals surface area contributed by atoms with E-state index in [-0.39, 0.29) is 43.2 Å². The molecule has 0 fully saturated rings. The highest BCUT2D eigenvalue weighted by Crippen LogP contribution is 2.15. The van der Waals surface area contributed by atoms with Crippen LogP contribution < -0.4 is 5.32 Å². The lowest BCUT2D eigenvalue weighted by Gasteiger charge is -2.22. The molecule has 0 aliphatic rings. The normalized spacial score (nSPS) is 9.92. The maximum absolute atomic E-state index is 12.5. The van der Waals surface area contributed by atoms with Gasteiger partial charge < -0.3 is 15.0 Å². The summed E-state index contributed by atoms with van der Waals surface area (Å²) in [5, 5.41) is 13.4. The number of benzene rings is 1. The summed E-state index contributed by atoms with van der Waals surface area (Å²) in [6.45, 7) is 1.80. The van der Waals surface area contributed by atoms with Crippen molar-refractivity contribution in [3.63, 3.8) is 0 Å². The van der Waals surface area contributed by atoms with Crippen molar-refractivity contribution in [1.82, 2.24) is 10.2 Å². The van der Waals surface area contributed by atoms with E-state index in [1.165, 1.54) is 43.2 Å². The van der Waals surface area contributed by atoms with Gasteiger partial charge in [0.1, 0.15) is 0 Å². The quantitative estimate of drug-likeness (QED) is 0.424. The van der Waals surface area contributed by atoms with Crippen LogP contribution in [0.2, 0.25) is 0 Å². The van der Waals surface area contributed by atoms with Crippen LogP contribution in [0.15, 0.2) is 24.3 Å². The molecular weight excluding hydrogens is 318 g/mol. The number of nitro groups is 1. The van der Waals surface area contributed by atoms with Gasteiger partial charge in [-0.2, -0.15) is 0 Å². The molecule has 24 heavy (non-hydrogen) atoms. The van der Waals surface area contributed by atoms with Gasteiger partial charge in [-0.15, -0.1) is 0 Å². The molecule has 1 aromatic rings. The number of nitrogens with one attached hydrogen (secondary N) is 1. The number of nitrogens with zero attached hydrogens (tertiary/aromatic N) is 2. The van der Waals surface area contributed by atoms with Crippen LogP contribution >= 0.6 is 0 Å². The number of nitro benzene ring substituents is 1. The lowest BCUT2D eigenvalue weighted by atomic mass is 10.1. The minimum absolute atomic E-state index is 0.0166. The van der Waals surface area contributed by atoms with Gasteiger partial charge >= 0.3 is 5.97 Å². The van der Waals surface area contributed by atoms with Crippen molar-refractivity contribution in [2.75, 3.05) is 26.7 Å². The van der Waals surface area contributed by atoms with Crippen LogP contribution in [0.5, 0.6) is 0 Å². The van der Waals surface area contributed by atoms with E-state index < -0.39 is 16.8 Å². The molecule has 1 N–H and O–H groups in total. The predicted octanol–water partition coefficient (Wildman–Crippen LogP) is 0.736. The number of carbonyl (C=O) groups is 3. The Morgan fingerprint density at radius 3 is 2.58 bits per heavy atom. The van der Waals surface area contributed by atoms with E-state index in [1.807, 2.05) is 0 Å². The molecule has 0 saturated carbocycles. The third-order valence-electron chi connectivity index (χ3n) is 3.16. The molecule has 2 amide bonds. The molecule has 9 nitrogen and oxygen atoms in total. The van der Waals surface area contributed by atoms with E-state index in [2.05, 4.69) is 10.1 Å². The third kappa shape index (κ3) is 6.03. The molecule has 0 heterocycles. The second-order valence-electron chi connectivity index (χ2n) is 4.91. The summed E-state index contributed by atoms with van der Waals surface area (Å²) in [5.41, 5.74) is -0.0625. The molecule has 0 unspecified atom stereocenters. The van der Waals surface area contributed by atoms with E-state index in [4.69, 9.17) is 0 Å². The van der Waals surface area contributed by atoms with Crippen molar-refractivity contribution >= 4 is 23.5 Å². The van der Waals surface area contributed by atoms with Gasteiger partial charge in [0.25, 0.3) is 11.6 Å². The number of amides is 2. The smallest absolute Gasteiger partial charge is 0.307 e. The molecule has 0 atom stereocenters. The monoisotopic (exact) mass is 337 g/mol. The SMILES string of the molecule is COC(=O)CCN(CCNC(C)=O)C(=O)c1cccc([N+](=O)[O-])c1. The van der Waals surface area contributed by atoms with Crippen molar-refractivity contribution in [2.45, 2.75) is 13.3 Å². The van der Waals surface area contributed by atoms with E-state index in [0.29, 0.717) is 0 Å². The second kappa shape index (κ2) is 9.23. The van der Waals surface area contributed by atoms with Gasteiger partial charge in [-0.05, 0) is 6.07 Å². The van der Waals surface area contributed by atoms with E-state index >= 15 is 0 Å². The number of ether oxygens (including phenoxy) is 1. The van der Waals surface area contributed by atoms with Gasteiger partial charge in [0, 0.05) is 44.3 Å². The molecular formula is C15H19N3O6. The van der Waals surface area contributed by atoms with Crippen LogP contribution in [0.4, 0.5) is 5.69 Å². The van der Waals surface area contributed by atoms with Crippen LogP contribution in [0.3, 0.4) is 0 Å². The zero-order chi connectivity index (χ0) is 18.1. The van der Waals surface area contributed by atoms with Crippen molar-refractivity contribution in [3.8, 4) is 0 Å². The van der Waals surface area contributed by atoms with Crippen molar-refractivity contribution in [1.29, 1.82) is 0 Å². The maximum Gasteiger partial charge on any atom is 0.307 e. The molecule has 0 aliphatic heterocycles. The Morgan fingerprint density at radius 2 is 2.00 bits per heavy atom. The molecule has 1 rings (SSSR count). The Kier molecular flexibility index (Phi) is 7.34. The van der Waals surface area contributed by atoms with E-state index in [9.17, 15) is 24.5 Å². The first kappa shape index (κ1) is 19.1. The maximum atomic E-state index is 12.5. The van der Waals surface area contributed by atoms with Gasteiger partial charge in [-0.3, -0.25) is 24.5 Å². The summed E-state index contributed by atoms with van der Waals surface area (Å²) in [5.74, 6) is -1.19. The van der Waals surface area contributed by atoms with Crippen LogP contribution in [0, 0.1) is 10.1 Å². The van der Waals surface area contributed by atoms with Crippen LogP contribution in [-0.4, -0.2) is 54.4 Å². The van der Waals surface area contributed by atoms with Crippen molar-refractivity contribution < 1.29 is 24.0 Å². The van der Waals surface area contributed by atoms with Gasteiger partial charge in [0.15, 0.2) is 0 Å². The van der Waals surface area contributed by atoms with Gasteiger partial charge in [-0.25, -0.2) is 0 Å². The number of hydrogen-bond donors (Lipinski definition) is 1. The van der Waals surface area contributed by atoms with Crippen molar-refractivity contribution in [3.05, 3.63) is 39.9 Å². The number of carbonyl (C=O) groups excluding carboxylic acids is 3. The van der Waals surface area contributed by atoms with E-state index in [1.54, 1.807) is 0 Å². The molecule has 130 valence electrons. The highest BCUT2D eigenvalue weighted by atomic mass is 16.6. The average Bonchev–Trinajstić information content (AvgIpc) is 2.56. The fourth-order valence-electron chi connectivity index (χ4n) is 1.95. The lowest BCUT2D eigenvalue weighted by molar-refractivity contribution is -0.384. The minimum Gasteiger partial charge on any atom is -0.469 e. The first-order valence-corrected chi connectivity index (χ1v) is 7.20. The number of rotatable bonds is 8. The van der Waals surface area contributed by atoms with Crippen LogP contribution in [-0.2, 0) is 14.3 Å². The van der Waals surface area contributed by atoms with Gasteiger partial charge in [-0.1, -0.05) is 6.07 Å². The summed E-state index contributed by atoms with van der Waals surface area (Å²) < 4.78 is 4.54. The summed E-state index contributed by atoms with van der Waals surface area (Å²) in [6, 6.07) is 5.33. The fourth-order valence-corrected chi connectivity index (χ4v) is 1.95. The first-order chi connectivity index (χ1) is 11.3. The molecule has 1 aromatic carbocycles. The van der Waals surface area contributed by atoms with Gasteiger partial charge in [0.05, 0.1) is 18.5 Å². The highest BCUT2D eigenvalue weighted by Gasteiger charge is 2.19. The minimum atomic E-state index is -0.590. The Bertz CT molecular complexity index is 631. The highest BCUT2D eigenvalue weighted by molar-refractivity contribution is 5.95. The van der Waals surface area contributed by atoms with Crippen molar-refractivity contribution in [2.24, 2.45) is 0 Å². The largest absolute Gasteiger partial charge is 0.469 e. The number of methoxy groups -OCH3 is 1. The average molecular weight is 337 g/mol. The van der Waals surface area contributed by atoms with Crippen LogP contribution in [0.1, 0.15) is 23.7 Å². The summed E-state index contributed by atoms with van der Waals surface area (Å²) in [4.78, 5) is 46.3. The van der Waals surface area contributed by atoms with Gasteiger partial charge in [0.2, 0.25) is 5.91 Å². The summed E-state index contributed by atoms with van der Waals surface area (Å²) in [7, 11) is 1.24. The molecule has 0 bridgehead atoms. The second-order valence-corrected chi connectivity index (χ2v) is 4.91. The summed E-state index contributed by atoms with van der Waals surface area (Å²) >= 11 is 0. The standard InChI is InChI=1S/C15H19N3O6/c1-11(19)16-7-9-17(8-6-14(20)24-2)15(21)12-4-3-5-13(10-12)18(22)23/h3-5,10H,6-9H2,1-2H3,(H,16,19). The number of non-ortho nitro benzene ring substituents is 1. The van der Waals surface area contributed by atoms with E-state index in [0.717, 1.165) is 0 Å². The zero-order valence-corrected chi connectivity index (χ0v) is 13.5. The zero-order valence-electron chi connectivity index (χ0n) is 13.5. The number of hydrogen-bond acceptors (Lipinski definition) is 6. The number of esters is 1.